The van der Waals surface area contributed by atoms with Crippen molar-refractivity contribution < 1.29 is 9.59 Å². The molecule has 1 N–H and O–H groups in total. The van der Waals surface area contributed by atoms with Crippen molar-refractivity contribution in [3.05, 3.63) is 42.1 Å². The van der Waals surface area contributed by atoms with E-state index in [4.69, 9.17) is 0 Å². The van der Waals surface area contributed by atoms with E-state index in [1.165, 1.54) is 0 Å². The number of benzene rings is 1. The standard InChI is InChI=1S/C21H26N4O2/c1-24(13-15-6-9-19-17(12-15)4-2-10-22-19)21(27)23-18-5-3-11-25(14-18)20(26)16-7-8-16/h2,4,6,9-10,12,16,18H,3,5,7-8,11,13-14H2,1H3,(H,23,27)/t18-/m1/s1. The van der Waals surface area contributed by atoms with Crippen molar-refractivity contribution in [1.29, 1.82) is 0 Å². The van der Waals surface area contributed by atoms with Gasteiger partial charge in [-0.05, 0) is 49.4 Å². The second-order valence-electron chi connectivity index (χ2n) is 7.73. The molecule has 6 heteroatoms. The van der Waals surface area contributed by atoms with Gasteiger partial charge in [-0.15, -0.1) is 0 Å². The molecule has 1 aliphatic carbocycles. The van der Waals surface area contributed by atoms with Crippen LogP contribution in [0.1, 0.15) is 31.2 Å². The molecule has 0 bridgehead atoms. The second-order valence-corrected chi connectivity index (χ2v) is 7.73. The number of likely N-dealkylation sites (tertiary alicyclic amines) is 1. The minimum absolute atomic E-state index is 0.0391. The van der Waals surface area contributed by atoms with Gasteiger partial charge in [-0.2, -0.15) is 0 Å². The van der Waals surface area contributed by atoms with Gasteiger partial charge in [0.15, 0.2) is 0 Å². The number of nitrogens with zero attached hydrogens (tertiary/aromatic N) is 3. The third kappa shape index (κ3) is 4.21. The molecule has 0 spiro atoms. The average molecular weight is 366 g/mol. The van der Waals surface area contributed by atoms with Crippen LogP contribution in [0.15, 0.2) is 36.5 Å². The van der Waals surface area contributed by atoms with Crippen molar-refractivity contribution in [2.45, 2.75) is 38.3 Å². The van der Waals surface area contributed by atoms with Crippen molar-refractivity contribution in [3.63, 3.8) is 0 Å². The van der Waals surface area contributed by atoms with Crippen molar-refractivity contribution >= 4 is 22.8 Å². The first-order valence-electron chi connectivity index (χ1n) is 9.74. The molecular formula is C21H26N4O2. The Morgan fingerprint density at radius 2 is 2.11 bits per heavy atom. The van der Waals surface area contributed by atoms with Gasteiger partial charge >= 0.3 is 6.03 Å². The predicted molar refractivity (Wildman–Crippen MR) is 104 cm³/mol. The van der Waals surface area contributed by atoms with Gasteiger partial charge in [-0.3, -0.25) is 9.78 Å². The number of carbonyl (C=O) groups excluding carboxylic acids is 2. The Morgan fingerprint density at radius 1 is 1.26 bits per heavy atom. The van der Waals surface area contributed by atoms with Crippen LogP contribution in [0.4, 0.5) is 4.79 Å². The molecule has 27 heavy (non-hydrogen) atoms. The molecule has 4 rings (SSSR count). The zero-order valence-electron chi connectivity index (χ0n) is 15.7. The van der Waals surface area contributed by atoms with Crippen LogP contribution in [-0.2, 0) is 11.3 Å². The van der Waals surface area contributed by atoms with Crippen LogP contribution < -0.4 is 5.32 Å². The number of aromatic nitrogens is 1. The number of hydrogen-bond acceptors (Lipinski definition) is 3. The molecule has 6 nitrogen and oxygen atoms in total. The number of rotatable bonds is 4. The highest BCUT2D eigenvalue weighted by Crippen LogP contribution is 2.31. The average Bonchev–Trinajstić information content (AvgIpc) is 3.53. The normalized spacial score (nSPS) is 19.7. The van der Waals surface area contributed by atoms with Crippen LogP contribution in [0.25, 0.3) is 10.9 Å². The van der Waals surface area contributed by atoms with Gasteiger partial charge < -0.3 is 15.1 Å². The summed E-state index contributed by atoms with van der Waals surface area (Å²) in [4.78, 5) is 32.8. The molecule has 1 aromatic carbocycles. The van der Waals surface area contributed by atoms with E-state index in [1.54, 1.807) is 18.1 Å². The summed E-state index contributed by atoms with van der Waals surface area (Å²) < 4.78 is 0. The van der Waals surface area contributed by atoms with Gasteiger partial charge in [0.05, 0.1) is 5.52 Å². The maximum absolute atomic E-state index is 12.6. The lowest BCUT2D eigenvalue weighted by molar-refractivity contribution is -0.133. The summed E-state index contributed by atoms with van der Waals surface area (Å²) >= 11 is 0. The molecule has 1 atom stereocenters. The first-order chi connectivity index (χ1) is 13.1. The Hall–Kier alpha value is -2.63. The molecule has 1 aliphatic heterocycles. The number of pyridine rings is 1. The Labute approximate surface area is 159 Å². The molecule has 2 heterocycles. The van der Waals surface area contributed by atoms with Crippen LogP contribution in [0.3, 0.4) is 0 Å². The SMILES string of the molecule is CN(Cc1ccc2ncccc2c1)C(=O)N[C@@H]1CCCN(C(=O)C2CC2)C1. The van der Waals surface area contributed by atoms with Crippen molar-refractivity contribution in [2.75, 3.05) is 20.1 Å². The maximum atomic E-state index is 12.6. The largest absolute Gasteiger partial charge is 0.340 e. The molecule has 1 saturated heterocycles. The molecule has 3 amide bonds. The van der Waals surface area contributed by atoms with Gasteiger partial charge in [-0.1, -0.05) is 12.1 Å². The smallest absolute Gasteiger partial charge is 0.317 e. The predicted octanol–water partition coefficient (Wildman–Crippen LogP) is 2.78. The van der Waals surface area contributed by atoms with Crippen molar-refractivity contribution in [1.82, 2.24) is 20.1 Å². The number of piperidine rings is 1. The highest BCUT2D eigenvalue weighted by atomic mass is 16.2. The zero-order valence-corrected chi connectivity index (χ0v) is 15.7. The maximum Gasteiger partial charge on any atom is 0.317 e. The molecule has 2 fully saturated rings. The van der Waals surface area contributed by atoms with E-state index in [2.05, 4.69) is 16.4 Å². The lowest BCUT2D eigenvalue weighted by Gasteiger charge is -2.34. The van der Waals surface area contributed by atoms with Crippen molar-refractivity contribution in [3.8, 4) is 0 Å². The molecule has 0 unspecified atom stereocenters. The van der Waals surface area contributed by atoms with Crippen LogP contribution >= 0.6 is 0 Å². The third-order valence-corrected chi connectivity index (χ3v) is 5.42. The Balaban J connectivity index is 1.33. The first kappa shape index (κ1) is 17.8. The number of fused-ring (bicyclic) bond motifs is 1. The number of nitrogens with one attached hydrogen (secondary N) is 1. The van der Waals surface area contributed by atoms with E-state index in [9.17, 15) is 9.59 Å². The fourth-order valence-corrected chi connectivity index (χ4v) is 3.74. The summed E-state index contributed by atoms with van der Waals surface area (Å²) in [6.45, 7) is 1.99. The summed E-state index contributed by atoms with van der Waals surface area (Å²) in [6.07, 6.45) is 5.70. The molecule has 142 valence electrons. The van der Waals surface area contributed by atoms with E-state index >= 15 is 0 Å². The van der Waals surface area contributed by atoms with Crippen molar-refractivity contribution in [2.24, 2.45) is 5.92 Å². The summed E-state index contributed by atoms with van der Waals surface area (Å²) in [5.41, 5.74) is 2.03. The van der Waals surface area contributed by atoms with Crippen LogP contribution in [-0.4, -0.2) is 52.9 Å². The number of carbonyl (C=O) groups is 2. The molecular weight excluding hydrogens is 340 g/mol. The fraction of sp³-hybridized carbons (Fsp3) is 0.476. The lowest BCUT2D eigenvalue weighted by atomic mass is 10.1. The topological polar surface area (TPSA) is 65.5 Å². The Bertz CT molecular complexity index is 849. The van der Waals surface area contributed by atoms with E-state index in [0.29, 0.717) is 13.1 Å². The molecule has 1 saturated carbocycles. The van der Waals surface area contributed by atoms with E-state index < -0.39 is 0 Å². The molecule has 0 radical (unpaired) electrons. The quantitative estimate of drug-likeness (QED) is 0.905. The highest BCUT2D eigenvalue weighted by Gasteiger charge is 2.35. The Morgan fingerprint density at radius 3 is 2.93 bits per heavy atom. The van der Waals surface area contributed by atoms with Crippen LogP contribution in [0.5, 0.6) is 0 Å². The van der Waals surface area contributed by atoms with E-state index in [-0.39, 0.29) is 23.9 Å². The monoisotopic (exact) mass is 366 g/mol. The number of urea groups is 1. The minimum Gasteiger partial charge on any atom is -0.340 e. The van der Waals surface area contributed by atoms with E-state index in [0.717, 1.165) is 48.7 Å². The van der Waals surface area contributed by atoms with Gasteiger partial charge in [0.1, 0.15) is 0 Å². The minimum atomic E-state index is -0.0907. The number of hydrogen-bond donors (Lipinski definition) is 1. The molecule has 1 aromatic heterocycles. The first-order valence-corrected chi connectivity index (χ1v) is 9.74. The summed E-state index contributed by atoms with van der Waals surface area (Å²) in [5.74, 6) is 0.511. The summed E-state index contributed by atoms with van der Waals surface area (Å²) in [5, 5.41) is 4.18. The zero-order chi connectivity index (χ0) is 18.8. The highest BCUT2D eigenvalue weighted by molar-refractivity contribution is 5.81. The Kier molecular flexibility index (Phi) is 4.97. The number of amides is 3. The van der Waals surface area contributed by atoms with Gasteiger partial charge in [0.2, 0.25) is 5.91 Å². The fourth-order valence-electron chi connectivity index (χ4n) is 3.74. The van der Waals surface area contributed by atoms with Gasteiger partial charge in [0, 0.05) is 50.2 Å². The summed E-state index contributed by atoms with van der Waals surface area (Å²) in [6, 6.07) is 9.96. The molecule has 2 aliphatic rings. The van der Waals surface area contributed by atoms with Crippen LogP contribution in [0.2, 0.25) is 0 Å². The second kappa shape index (κ2) is 7.55. The van der Waals surface area contributed by atoms with Gasteiger partial charge in [0.25, 0.3) is 0 Å². The third-order valence-electron chi connectivity index (χ3n) is 5.42. The van der Waals surface area contributed by atoms with Crippen LogP contribution in [0, 0.1) is 5.92 Å². The molecule has 2 aromatic rings. The summed E-state index contributed by atoms with van der Waals surface area (Å²) in [7, 11) is 1.80. The van der Waals surface area contributed by atoms with E-state index in [1.807, 2.05) is 29.2 Å². The lowest BCUT2D eigenvalue weighted by Crippen LogP contribution is -2.52. The van der Waals surface area contributed by atoms with Gasteiger partial charge in [-0.25, -0.2) is 4.79 Å².